The van der Waals surface area contributed by atoms with E-state index in [1.54, 1.807) is 43.8 Å². The number of nitrogens with zero attached hydrogens (tertiary/aromatic N) is 2. The molecule has 1 amide bonds. The molecule has 0 bridgehead atoms. The lowest BCUT2D eigenvalue weighted by atomic mass is 10.2. The minimum Gasteiger partial charge on any atom is -0.497 e. The van der Waals surface area contributed by atoms with Crippen molar-refractivity contribution in [1.29, 1.82) is 0 Å². The SMILES string of the molecule is COc1cccc(CNC(=O)c2ccc(Oc3nccnc3Sc3ccc(Cl)cc3)cc2)c1. The van der Waals surface area contributed by atoms with Crippen LogP contribution in [0.2, 0.25) is 5.02 Å². The minimum atomic E-state index is -0.178. The molecule has 4 aromatic rings. The van der Waals surface area contributed by atoms with Crippen molar-refractivity contribution >= 4 is 29.3 Å². The monoisotopic (exact) mass is 477 g/mol. The van der Waals surface area contributed by atoms with E-state index >= 15 is 0 Å². The van der Waals surface area contributed by atoms with Gasteiger partial charge in [-0.25, -0.2) is 9.97 Å². The number of ether oxygens (including phenoxy) is 2. The maximum atomic E-state index is 12.5. The van der Waals surface area contributed by atoms with Gasteiger partial charge in [-0.3, -0.25) is 4.79 Å². The maximum Gasteiger partial charge on any atom is 0.252 e. The third-order valence-electron chi connectivity index (χ3n) is 4.58. The minimum absolute atomic E-state index is 0.178. The molecule has 0 aliphatic rings. The number of methoxy groups -OCH3 is 1. The van der Waals surface area contributed by atoms with Crippen molar-refractivity contribution in [3.05, 3.63) is 101 Å². The fourth-order valence-corrected chi connectivity index (χ4v) is 3.84. The average molecular weight is 478 g/mol. The summed E-state index contributed by atoms with van der Waals surface area (Å²) in [4.78, 5) is 22.1. The Bertz CT molecular complexity index is 1230. The summed E-state index contributed by atoms with van der Waals surface area (Å²) in [6.07, 6.45) is 3.18. The summed E-state index contributed by atoms with van der Waals surface area (Å²) >= 11 is 7.38. The summed E-state index contributed by atoms with van der Waals surface area (Å²) < 4.78 is 11.1. The number of rotatable bonds is 8. The molecule has 1 aromatic heterocycles. The Labute approximate surface area is 201 Å². The molecule has 1 N–H and O–H groups in total. The molecule has 0 saturated heterocycles. The molecule has 0 unspecified atom stereocenters. The lowest BCUT2D eigenvalue weighted by Crippen LogP contribution is -2.22. The standard InChI is InChI=1S/C25H20ClN3O3S/c1-31-21-4-2-3-17(15-21)16-29-23(30)18-5-9-20(10-6-18)32-24-25(28-14-13-27-24)33-22-11-7-19(26)8-12-22/h2-15H,16H2,1H3,(H,29,30). The molecule has 0 saturated carbocycles. The molecule has 0 spiro atoms. The first-order valence-electron chi connectivity index (χ1n) is 10.0. The van der Waals surface area contributed by atoms with Gasteiger partial charge in [0, 0.05) is 34.4 Å². The molecule has 166 valence electrons. The summed E-state index contributed by atoms with van der Waals surface area (Å²) in [6.45, 7) is 0.402. The van der Waals surface area contributed by atoms with Gasteiger partial charge in [0.25, 0.3) is 11.8 Å². The Morgan fingerprint density at radius 2 is 1.73 bits per heavy atom. The molecule has 0 aliphatic heterocycles. The van der Waals surface area contributed by atoms with Crippen molar-refractivity contribution in [2.24, 2.45) is 0 Å². The molecular weight excluding hydrogens is 458 g/mol. The molecular formula is C25H20ClN3O3S. The van der Waals surface area contributed by atoms with Gasteiger partial charge in [-0.05, 0) is 66.2 Å². The second-order valence-electron chi connectivity index (χ2n) is 6.88. The van der Waals surface area contributed by atoms with E-state index in [0.29, 0.717) is 33.8 Å². The van der Waals surface area contributed by atoms with Crippen LogP contribution in [0.15, 0.2) is 95.1 Å². The zero-order valence-corrected chi connectivity index (χ0v) is 19.3. The van der Waals surface area contributed by atoms with E-state index in [4.69, 9.17) is 21.1 Å². The van der Waals surface area contributed by atoms with Gasteiger partial charge < -0.3 is 14.8 Å². The fraction of sp³-hybridized carbons (Fsp3) is 0.0800. The molecule has 0 fully saturated rings. The zero-order chi connectivity index (χ0) is 23.0. The topological polar surface area (TPSA) is 73.3 Å². The number of carbonyl (C=O) groups excluding carboxylic acids is 1. The molecule has 0 aliphatic carbocycles. The second kappa shape index (κ2) is 10.8. The summed E-state index contributed by atoms with van der Waals surface area (Å²) in [5.41, 5.74) is 1.48. The van der Waals surface area contributed by atoms with Gasteiger partial charge in [-0.2, -0.15) is 0 Å². The third kappa shape index (κ3) is 6.25. The van der Waals surface area contributed by atoms with Gasteiger partial charge in [-0.15, -0.1) is 0 Å². The number of halogens is 1. The Hall–Kier alpha value is -3.55. The maximum absolute atomic E-state index is 12.5. The van der Waals surface area contributed by atoms with Crippen LogP contribution in [0.4, 0.5) is 0 Å². The Balaban J connectivity index is 1.39. The first kappa shape index (κ1) is 22.6. The summed E-state index contributed by atoms with van der Waals surface area (Å²) in [6, 6.07) is 21.9. The van der Waals surface area contributed by atoms with Gasteiger partial charge in [0.15, 0.2) is 5.03 Å². The summed E-state index contributed by atoms with van der Waals surface area (Å²) in [7, 11) is 1.61. The lowest BCUT2D eigenvalue weighted by Gasteiger charge is -2.10. The van der Waals surface area contributed by atoms with E-state index in [1.165, 1.54) is 11.8 Å². The van der Waals surface area contributed by atoms with Gasteiger partial charge in [0.1, 0.15) is 11.5 Å². The van der Waals surface area contributed by atoms with Crippen molar-refractivity contribution in [2.45, 2.75) is 16.5 Å². The smallest absolute Gasteiger partial charge is 0.252 e. The highest BCUT2D eigenvalue weighted by molar-refractivity contribution is 7.99. The Kier molecular flexibility index (Phi) is 7.44. The van der Waals surface area contributed by atoms with E-state index in [1.807, 2.05) is 48.5 Å². The largest absolute Gasteiger partial charge is 0.497 e. The van der Waals surface area contributed by atoms with Crippen LogP contribution in [0.5, 0.6) is 17.4 Å². The van der Waals surface area contributed by atoms with Crippen molar-refractivity contribution in [1.82, 2.24) is 15.3 Å². The molecule has 1 heterocycles. The van der Waals surface area contributed by atoms with Crippen molar-refractivity contribution < 1.29 is 14.3 Å². The third-order valence-corrected chi connectivity index (χ3v) is 5.81. The van der Waals surface area contributed by atoms with Gasteiger partial charge in [0.05, 0.1) is 7.11 Å². The number of hydrogen-bond acceptors (Lipinski definition) is 6. The number of hydrogen-bond donors (Lipinski definition) is 1. The van der Waals surface area contributed by atoms with Gasteiger partial charge in [-0.1, -0.05) is 35.5 Å². The number of benzene rings is 3. The Morgan fingerprint density at radius 1 is 0.970 bits per heavy atom. The number of aromatic nitrogens is 2. The van der Waals surface area contributed by atoms with Crippen molar-refractivity contribution in [3.63, 3.8) is 0 Å². The number of carbonyl (C=O) groups is 1. The van der Waals surface area contributed by atoms with Gasteiger partial charge in [0.2, 0.25) is 0 Å². The first-order valence-corrected chi connectivity index (χ1v) is 11.2. The lowest BCUT2D eigenvalue weighted by molar-refractivity contribution is 0.0951. The van der Waals surface area contributed by atoms with Crippen LogP contribution >= 0.6 is 23.4 Å². The molecule has 0 radical (unpaired) electrons. The van der Waals surface area contributed by atoms with Gasteiger partial charge >= 0.3 is 0 Å². The average Bonchev–Trinajstić information content (AvgIpc) is 2.85. The van der Waals surface area contributed by atoms with E-state index < -0.39 is 0 Å². The van der Waals surface area contributed by atoms with E-state index in [-0.39, 0.29) is 5.91 Å². The van der Waals surface area contributed by atoms with Crippen LogP contribution in [0, 0.1) is 0 Å². The normalized spacial score (nSPS) is 10.5. The Morgan fingerprint density at radius 3 is 2.48 bits per heavy atom. The first-order chi connectivity index (χ1) is 16.1. The zero-order valence-electron chi connectivity index (χ0n) is 17.7. The molecule has 0 atom stereocenters. The molecule has 8 heteroatoms. The molecule has 6 nitrogen and oxygen atoms in total. The fourth-order valence-electron chi connectivity index (χ4n) is 2.92. The summed E-state index contributed by atoms with van der Waals surface area (Å²) in [5.74, 6) is 1.51. The van der Waals surface area contributed by atoms with Crippen LogP contribution in [0.25, 0.3) is 0 Å². The highest BCUT2D eigenvalue weighted by atomic mass is 35.5. The van der Waals surface area contributed by atoms with Crippen LogP contribution in [-0.2, 0) is 6.54 Å². The van der Waals surface area contributed by atoms with Crippen LogP contribution in [-0.4, -0.2) is 23.0 Å². The summed E-state index contributed by atoms with van der Waals surface area (Å²) in [5, 5.41) is 4.20. The number of nitrogens with one attached hydrogen (secondary N) is 1. The van der Waals surface area contributed by atoms with Crippen LogP contribution < -0.4 is 14.8 Å². The number of amides is 1. The highest BCUT2D eigenvalue weighted by Gasteiger charge is 2.11. The van der Waals surface area contributed by atoms with Crippen LogP contribution in [0.1, 0.15) is 15.9 Å². The molecule has 4 rings (SSSR count). The van der Waals surface area contributed by atoms with Crippen LogP contribution in [0.3, 0.4) is 0 Å². The highest BCUT2D eigenvalue weighted by Crippen LogP contribution is 2.34. The predicted octanol–water partition coefficient (Wildman–Crippen LogP) is 6.01. The van der Waals surface area contributed by atoms with Crippen molar-refractivity contribution in [2.75, 3.05) is 7.11 Å². The predicted molar refractivity (Wildman–Crippen MR) is 128 cm³/mol. The molecule has 3 aromatic carbocycles. The van der Waals surface area contributed by atoms with E-state index in [0.717, 1.165) is 16.2 Å². The van der Waals surface area contributed by atoms with E-state index in [2.05, 4.69) is 15.3 Å². The quantitative estimate of drug-likeness (QED) is 0.335. The molecule has 33 heavy (non-hydrogen) atoms. The second-order valence-corrected chi connectivity index (χ2v) is 8.38. The van der Waals surface area contributed by atoms with E-state index in [9.17, 15) is 4.79 Å². The van der Waals surface area contributed by atoms with Crippen molar-refractivity contribution in [3.8, 4) is 17.4 Å².